The van der Waals surface area contributed by atoms with Crippen molar-refractivity contribution in [3.05, 3.63) is 98.7 Å². The van der Waals surface area contributed by atoms with Gasteiger partial charge in [-0.3, -0.25) is 4.79 Å². The molecule has 160 valence electrons. The van der Waals surface area contributed by atoms with Crippen LogP contribution in [0.2, 0.25) is 5.02 Å². The van der Waals surface area contributed by atoms with Gasteiger partial charge in [-0.15, -0.1) is 0 Å². The van der Waals surface area contributed by atoms with Crippen molar-refractivity contribution >= 4 is 40.5 Å². The van der Waals surface area contributed by atoms with Crippen LogP contribution >= 0.6 is 11.6 Å². The molecule has 1 unspecified atom stereocenters. The van der Waals surface area contributed by atoms with Gasteiger partial charge in [0.1, 0.15) is 22.9 Å². The van der Waals surface area contributed by atoms with Crippen LogP contribution < -0.4 is 9.46 Å². The molecular weight excluding hydrogens is 449 g/mol. The number of Topliss-reactive ketones (excluding diaryl/α,β-unsaturated/α-hetero) is 1. The number of allylic oxidation sites excluding steroid dienone is 1. The zero-order valence-electron chi connectivity index (χ0n) is 16.9. The van der Waals surface area contributed by atoms with Crippen LogP contribution in [0.1, 0.15) is 27.0 Å². The van der Waals surface area contributed by atoms with Gasteiger partial charge in [0.2, 0.25) is 10.7 Å². The van der Waals surface area contributed by atoms with E-state index in [-0.39, 0.29) is 15.7 Å². The van der Waals surface area contributed by atoms with Crippen molar-refractivity contribution in [2.75, 3.05) is 11.8 Å². The van der Waals surface area contributed by atoms with Crippen molar-refractivity contribution in [2.24, 2.45) is 0 Å². The van der Waals surface area contributed by atoms with Crippen molar-refractivity contribution < 1.29 is 18.5 Å². The molecule has 1 aliphatic rings. The first-order valence-corrected chi connectivity index (χ1v) is 11.1. The maximum atomic E-state index is 13.4. The largest absolute Gasteiger partial charge is 0.588 e. The van der Waals surface area contributed by atoms with Gasteiger partial charge in [-0.2, -0.15) is 0 Å². The quantitative estimate of drug-likeness (QED) is 0.320. The number of ketones is 1. The number of carbonyl (C=O) groups is 1. The number of nitrogens with one attached hydrogen (secondary N) is 1. The topological polar surface area (TPSA) is 61.4 Å². The molecule has 1 atom stereocenters. The second-order valence-electron chi connectivity index (χ2n) is 6.97. The lowest BCUT2D eigenvalue weighted by atomic mass is 10.0. The molecule has 4 rings (SSSR count). The highest BCUT2D eigenvalue weighted by molar-refractivity contribution is 7.97. The Labute approximate surface area is 193 Å². The molecule has 0 amide bonds. The van der Waals surface area contributed by atoms with Gasteiger partial charge in [-0.05, 0) is 53.6 Å². The zero-order chi connectivity index (χ0) is 22.7. The highest BCUT2D eigenvalue weighted by atomic mass is 35.5. The van der Waals surface area contributed by atoms with E-state index >= 15 is 0 Å². The fourth-order valence-electron chi connectivity index (χ4n) is 3.13. The Kier molecular flexibility index (Phi) is 6.52. The second kappa shape index (κ2) is 9.49. The lowest BCUT2D eigenvalue weighted by molar-refractivity contribution is 0.104. The summed E-state index contributed by atoms with van der Waals surface area (Å²) in [5.74, 6) is 6.01. The number of fused-ring (bicyclic) bond motifs is 1. The summed E-state index contributed by atoms with van der Waals surface area (Å²) in [5, 5.41) is -0.0730. The smallest absolute Gasteiger partial charge is 0.245 e. The van der Waals surface area contributed by atoms with Crippen LogP contribution in [-0.4, -0.2) is 17.4 Å². The van der Waals surface area contributed by atoms with Crippen molar-refractivity contribution in [1.82, 2.24) is 0 Å². The SMILES string of the molecule is COc1ccc(CC#Cc2ccc3c(c2)C(=O)/C(=C\c2ccc(F)c(Cl)c2)[S+]([O-])N3)cc1. The molecule has 0 fully saturated rings. The number of hydrogen-bond acceptors (Lipinski definition) is 4. The van der Waals surface area contributed by atoms with Gasteiger partial charge in [0.15, 0.2) is 0 Å². The Morgan fingerprint density at radius 3 is 2.66 bits per heavy atom. The minimum absolute atomic E-state index is 0.0588. The highest BCUT2D eigenvalue weighted by Gasteiger charge is 2.33. The monoisotopic (exact) mass is 465 g/mol. The van der Waals surface area contributed by atoms with Crippen molar-refractivity contribution in [3.8, 4) is 17.6 Å². The summed E-state index contributed by atoms with van der Waals surface area (Å²) in [6, 6.07) is 16.8. The number of anilines is 1. The Morgan fingerprint density at radius 1 is 1.16 bits per heavy atom. The third kappa shape index (κ3) is 4.81. The normalized spacial score (nSPS) is 16.1. The molecule has 1 heterocycles. The van der Waals surface area contributed by atoms with Crippen molar-refractivity contribution in [1.29, 1.82) is 0 Å². The summed E-state index contributed by atoms with van der Waals surface area (Å²) in [5.41, 5.74) is 3.05. The Morgan fingerprint density at radius 2 is 1.94 bits per heavy atom. The van der Waals surface area contributed by atoms with Crippen LogP contribution in [0.15, 0.2) is 65.6 Å². The lowest BCUT2D eigenvalue weighted by Gasteiger charge is -2.21. The van der Waals surface area contributed by atoms with Gasteiger partial charge in [0.05, 0.1) is 23.4 Å². The molecule has 1 aliphatic heterocycles. The van der Waals surface area contributed by atoms with Crippen molar-refractivity contribution in [3.63, 3.8) is 0 Å². The van der Waals surface area contributed by atoms with Crippen LogP contribution in [0.4, 0.5) is 10.1 Å². The van der Waals surface area contributed by atoms with Gasteiger partial charge in [0.25, 0.3) is 0 Å². The van der Waals surface area contributed by atoms with E-state index in [0.717, 1.165) is 11.3 Å². The van der Waals surface area contributed by atoms with E-state index < -0.39 is 17.2 Å². The van der Waals surface area contributed by atoms with E-state index in [1.165, 1.54) is 24.3 Å². The summed E-state index contributed by atoms with van der Waals surface area (Å²) in [6.45, 7) is 0. The van der Waals surface area contributed by atoms with E-state index in [4.69, 9.17) is 16.3 Å². The molecule has 3 aromatic carbocycles. The van der Waals surface area contributed by atoms with E-state index in [2.05, 4.69) is 16.6 Å². The molecule has 7 heteroatoms. The molecule has 0 aliphatic carbocycles. The minimum atomic E-state index is -1.74. The molecule has 0 saturated carbocycles. The maximum Gasteiger partial charge on any atom is 0.245 e. The molecule has 1 N–H and O–H groups in total. The summed E-state index contributed by atoms with van der Waals surface area (Å²) in [4.78, 5) is 13.1. The van der Waals surface area contributed by atoms with Crippen LogP contribution in [-0.2, 0) is 17.8 Å². The predicted octanol–water partition coefficient (Wildman–Crippen LogP) is 5.39. The average Bonchev–Trinajstić information content (AvgIpc) is 2.80. The standard InChI is InChI=1S/C25H17ClFNO3S/c1-31-19-9-5-16(6-10-19)3-2-4-17-8-12-23-20(13-17)25(29)24(32(30)28-23)15-18-7-11-22(27)21(26)14-18/h5-15,28H,3H2,1H3/b24-15+. The molecule has 0 aromatic heterocycles. The number of ether oxygens (including phenoxy) is 1. The summed E-state index contributed by atoms with van der Waals surface area (Å²) >= 11 is 4.07. The van der Waals surface area contributed by atoms with Crippen molar-refractivity contribution in [2.45, 2.75) is 6.42 Å². The number of carbonyl (C=O) groups excluding carboxylic acids is 1. The van der Waals surface area contributed by atoms with Gasteiger partial charge in [-0.25, -0.2) is 9.11 Å². The maximum absolute atomic E-state index is 13.4. The molecular formula is C25H17ClFNO3S. The molecule has 3 aromatic rings. The van der Waals surface area contributed by atoms with Crippen LogP contribution in [0, 0.1) is 17.7 Å². The van der Waals surface area contributed by atoms with Crippen LogP contribution in [0.5, 0.6) is 5.75 Å². The number of methoxy groups -OCH3 is 1. The van der Waals surface area contributed by atoms with E-state index in [0.29, 0.717) is 28.8 Å². The zero-order valence-corrected chi connectivity index (χ0v) is 18.5. The Hall–Kier alpha value is -3.24. The van der Waals surface area contributed by atoms with Crippen LogP contribution in [0.3, 0.4) is 0 Å². The molecule has 0 spiro atoms. The number of halogens is 2. The fraction of sp³-hybridized carbons (Fsp3) is 0.0800. The van der Waals surface area contributed by atoms with E-state index in [1.807, 2.05) is 24.3 Å². The third-order valence-electron chi connectivity index (χ3n) is 4.82. The second-order valence-corrected chi connectivity index (χ2v) is 8.56. The fourth-order valence-corrected chi connectivity index (χ4v) is 4.33. The number of rotatable bonds is 3. The summed E-state index contributed by atoms with van der Waals surface area (Å²) in [6.07, 6.45) is 2.00. The first kappa shape index (κ1) is 22.0. The molecule has 0 radical (unpaired) electrons. The summed E-state index contributed by atoms with van der Waals surface area (Å²) < 4.78 is 33.9. The Balaban J connectivity index is 1.57. The summed E-state index contributed by atoms with van der Waals surface area (Å²) in [7, 11) is 1.62. The van der Waals surface area contributed by atoms with Gasteiger partial charge < -0.3 is 9.29 Å². The number of hydrogen-bond donors (Lipinski definition) is 1. The average molecular weight is 466 g/mol. The first-order chi connectivity index (χ1) is 15.4. The van der Waals surface area contributed by atoms with Gasteiger partial charge in [0, 0.05) is 18.1 Å². The van der Waals surface area contributed by atoms with E-state index in [1.54, 1.807) is 25.3 Å². The van der Waals surface area contributed by atoms with E-state index in [9.17, 15) is 13.7 Å². The van der Waals surface area contributed by atoms with Gasteiger partial charge in [-0.1, -0.05) is 41.6 Å². The van der Waals surface area contributed by atoms with Crippen LogP contribution in [0.25, 0.3) is 6.08 Å². The highest BCUT2D eigenvalue weighted by Crippen LogP contribution is 2.31. The molecule has 0 bridgehead atoms. The lowest BCUT2D eigenvalue weighted by Crippen LogP contribution is -2.27. The predicted molar refractivity (Wildman–Crippen MR) is 126 cm³/mol. The minimum Gasteiger partial charge on any atom is -0.588 e. The van der Waals surface area contributed by atoms with Gasteiger partial charge >= 0.3 is 0 Å². The molecule has 32 heavy (non-hydrogen) atoms. The molecule has 4 nitrogen and oxygen atoms in total. The third-order valence-corrected chi connectivity index (χ3v) is 6.21. The Bertz CT molecular complexity index is 1280. The number of benzene rings is 3. The first-order valence-electron chi connectivity index (χ1n) is 9.60. The molecule has 0 saturated heterocycles.